The van der Waals surface area contributed by atoms with Crippen molar-refractivity contribution in [3.05, 3.63) is 53.5 Å². The second kappa shape index (κ2) is 7.74. The molecule has 1 aliphatic rings. The predicted molar refractivity (Wildman–Crippen MR) is 103 cm³/mol. The highest BCUT2D eigenvalue weighted by atomic mass is 16.5. The fourth-order valence-electron chi connectivity index (χ4n) is 3.27. The van der Waals surface area contributed by atoms with Crippen molar-refractivity contribution in [1.82, 2.24) is 25.2 Å². The van der Waals surface area contributed by atoms with Gasteiger partial charge in [-0.25, -0.2) is 0 Å². The van der Waals surface area contributed by atoms with Gasteiger partial charge in [-0.15, -0.1) is 10.2 Å². The maximum Gasteiger partial charge on any atom is 0.244 e. The molecule has 1 aliphatic heterocycles. The van der Waals surface area contributed by atoms with Gasteiger partial charge in [0, 0.05) is 31.7 Å². The standard InChI is InChI=1S/C20H21N7O/c1-14-3-5-16(6-4-14)19-22-20(28-25-19)15(2)26-9-11-27(12-10-26)18-8-7-17(13-21)23-24-18/h3-8,15H,9-12H2,1-2H3. The quantitative estimate of drug-likeness (QED) is 0.687. The predicted octanol–water partition coefficient (Wildman–Crippen LogP) is 2.59. The number of nitrogens with zero attached hydrogens (tertiary/aromatic N) is 7. The minimum absolute atomic E-state index is 0.0425. The molecular weight excluding hydrogens is 354 g/mol. The van der Waals surface area contributed by atoms with E-state index in [1.165, 1.54) is 5.56 Å². The Balaban J connectivity index is 1.39. The number of benzene rings is 1. The number of piperazine rings is 1. The first kappa shape index (κ1) is 18.1. The maximum atomic E-state index is 8.84. The minimum atomic E-state index is 0.0425. The van der Waals surface area contributed by atoms with Crippen molar-refractivity contribution in [3.63, 3.8) is 0 Å². The van der Waals surface area contributed by atoms with E-state index < -0.39 is 0 Å². The zero-order valence-electron chi connectivity index (χ0n) is 15.9. The van der Waals surface area contributed by atoms with Gasteiger partial charge in [-0.05, 0) is 26.0 Å². The molecule has 4 rings (SSSR count). The van der Waals surface area contributed by atoms with Crippen LogP contribution in [0.15, 0.2) is 40.9 Å². The van der Waals surface area contributed by atoms with Gasteiger partial charge in [0.05, 0.1) is 6.04 Å². The number of aryl methyl sites for hydroxylation is 1. The van der Waals surface area contributed by atoms with E-state index in [-0.39, 0.29) is 6.04 Å². The normalized spacial score (nSPS) is 16.0. The van der Waals surface area contributed by atoms with Crippen LogP contribution in [0.25, 0.3) is 11.4 Å². The minimum Gasteiger partial charge on any atom is -0.353 e. The summed E-state index contributed by atoms with van der Waals surface area (Å²) in [6, 6.07) is 13.7. The first-order valence-electron chi connectivity index (χ1n) is 9.27. The molecule has 0 spiro atoms. The van der Waals surface area contributed by atoms with Crippen LogP contribution in [0.2, 0.25) is 0 Å². The Labute approximate surface area is 163 Å². The lowest BCUT2D eigenvalue weighted by molar-refractivity contribution is 0.164. The van der Waals surface area contributed by atoms with Gasteiger partial charge in [-0.1, -0.05) is 35.0 Å². The maximum absolute atomic E-state index is 8.84. The van der Waals surface area contributed by atoms with E-state index >= 15 is 0 Å². The third-order valence-electron chi connectivity index (χ3n) is 5.06. The summed E-state index contributed by atoms with van der Waals surface area (Å²) in [5.41, 5.74) is 2.49. The third-order valence-corrected chi connectivity index (χ3v) is 5.06. The van der Waals surface area contributed by atoms with Crippen LogP contribution in [0.4, 0.5) is 5.82 Å². The van der Waals surface area contributed by atoms with Crippen molar-refractivity contribution >= 4 is 5.82 Å². The van der Waals surface area contributed by atoms with Crippen LogP contribution >= 0.6 is 0 Å². The first-order chi connectivity index (χ1) is 13.6. The Hall–Kier alpha value is -3.31. The van der Waals surface area contributed by atoms with Gasteiger partial charge in [0.2, 0.25) is 11.7 Å². The second-order valence-electron chi connectivity index (χ2n) is 6.91. The lowest BCUT2D eigenvalue weighted by Crippen LogP contribution is -2.47. The number of rotatable bonds is 4. The fraction of sp³-hybridized carbons (Fsp3) is 0.350. The van der Waals surface area contributed by atoms with E-state index in [1.807, 2.05) is 36.4 Å². The van der Waals surface area contributed by atoms with E-state index in [2.05, 4.69) is 44.0 Å². The van der Waals surface area contributed by atoms with E-state index in [0.29, 0.717) is 17.4 Å². The monoisotopic (exact) mass is 375 g/mol. The summed E-state index contributed by atoms with van der Waals surface area (Å²) >= 11 is 0. The Morgan fingerprint density at radius 1 is 1.04 bits per heavy atom. The van der Waals surface area contributed by atoms with Crippen LogP contribution in [0.5, 0.6) is 0 Å². The van der Waals surface area contributed by atoms with Crippen LogP contribution in [0.3, 0.4) is 0 Å². The summed E-state index contributed by atoms with van der Waals surface area (Å²) in [7, 11) is 0. The lowest BCUT2D eigenvalue weighted by atomic mass is 10.1. The van der Waals surface area contributed by atoms with Gasteiger partial charge in [0.1, 0.15) is 6.07 Å². The summed E-state index contributed by atoms with van der Waals surface area (Å²) < 4.78 is 5.53. The van der Waals surface area contributed by atoms with Crippen molar-refractivity contribution in [2.24, 2.45) is 0 Å². The van der Waals surface area contributed by atoms with E-state index in [4.69, 9.17) is 9.78 Å². The van der Waals surface area contributed by atoms with E-state index in [9.17, 15) is 0 Å². The molecule has 3 aromatic rings. The van der Waals surface area contributed by atoms with Crippen LogP contribution in [0, 0.1) is 18.3 Å². The zero-order valence-corrected chi connectivity index (χ0v) is 15.9. The fourth-order valence-corrected chi connectivity index (χ4v) is 3.27. The van der Waals surface area contributed by atoms with Crippen molar-refractivity contribution in [2.45, 2.75) is 19.9 Å². The molecule has 0 aliphatic carbocycles. The van der Waals surface area contributed by atoms with Crippen LogP contribution in [-0.4, -0.2) is 51.4 Å². The Kier molecular flexibility index (Phi) is 5.00. The topological polar surface area (TPSA) is 95.0 Å². The molecule has 0 N–H and O–H groups in total. The lowest BCUT2D eigenvalue weighted by Gasteiger charge is -2.37. The molecule has 0 amide bonds. The van der Waals surface area contributed by atoms with Crippen molar-refractivity contribution in [2.75, 3.05) is 31.1 Å². The van der Waals surface area contributed by atoms with Gasteiger partial charge in [0.25, 0.3) is 0 Å². The molecule has 142 valence electrons. The van der Waals surface area contributed by atoms with Gasteiger partial charge in [-0.2, -0.15) is 10.2 Å². The average molecular weight is 375 g/mol. The largest absolute Gasteiger partial charge is 0.353 e. The molecule has 0 radical (unpaired) electrons. The molecule has 1 unspecified atom stereocenters. The third kappa shape index (κ3) is 3.70. The van der Waals surface area contributed by atoms with Crippen molar-refractivity contribution in [3.8, 4) is 17.5 Å². The summed E-state index contributed by atoms with van der Waals surface area (Å²) in [5, 5.41) is 21.0. The number of hydrogen-bond donors (Lipinski definition) is 0. The van der Waals surface area contributed by atoms with Gasteiger partial charge < -0.3 is 9.42 Å². The Morgan fingerprint density at radius 3 is 2.43 bits per heavy atom. The molecule has 3 heterocycles. The molecule has 1 aromatic carbocycles. The molecular formula is C20H21N7O. The molecule has 0 saturated carbocycles. The van der Waals surface area contributed by atoms with Gasteiger partial charge in [-0.3, -0.25) is 4.90 Å². The number of hydrogen-bond acceptors (Lipinski definition) is 8. The summed E-state index contributed by atoms with van der Waals surface area (Å²) in [6.45, 7) is 7.49. The molecule has 8 nitrogen and oxygen atoms in total. The Bertz CT molecular complexity index is 967. The summed E-state index contributed by atoms with van der Waals surface area (Å²) in [6.07, 6.45) is 0. The molecule has 8 heteroatoms. The highest BCUT2D eigenvalue weighted by Gasteiger charge is 2.26. The average Bonchev–Trinajstić information content (AvgIpc) is 3.24. The summed E-state index contributed by atoms with van der Waals surface area (Å²) in [5.74, 6) is 2.04. The molecule has 1 atom stereocenters. The van der Waals surface area contributed by atoms with E-state index in [1.54, 1.807) is 6.07 Å². The molecule has 1 saturated heterocycles. The Morgan fingerprint density at radius 2 is 1.79 bits per heavy atom. The molecule has 1 fully saturated rings. The van der Waals surface area contributed by atoms with Gasteiger partial charge in [0.15, 0.2) is 11.5 Å². The van der Waals surface area contributed by atoms with Crippen LogP contribution in [-0.2, 0) is 0 Å². The molecule has 0 bridgehead atoms. The molecule has 2 aromatic heterocycles. The van der Waals surface area contributed by atoms with Crippen LogP contribution < -0.4 is 4.90 Å². The highest BCUT2D eigenvalue weighted by Crippen LogP contribution is 2.24. The number of aromatic nitrogens is 4. The number of anilines is 1. The van der Waals surface area contributed by atoms with Crippen molar-refractivity contribution in [1.29, 1.82) is 5.26 Å². The number of nitriles is 1. The summed E-state index contributed by atoms with van der Waals surface area (Å²) in [4.78, 5) is 9.08. The van der Waals surface area contributed by atoms with Crippen molar-refractivity contribution < 1.29 is 4.52 Å². The highest BCUT2D eigenvalue weighted by molar-refractivity contribution is 5.54. The molecule has 28 heavy (non-hydrogen) atoms. The smallest absolute Gasteiger partial charge is 0.244 e. The van der Waals surface area contributed by atoms with E-state index in [0.717, 1.165) is 37.6 Å². The second-order valence-corrected chi connectivity index (χ2v) is 6.91. The van der Waals surface area contributed by atoms with Gasteiger partial charge >= 0.3 is 0 Å². The SMILES string of the molecule is Cc1ccc(-c2noc(C(C)N3CCN(c4ccc(C#N)nn4)CC3)n2)cc1. The van der Waals surface area contributed by atoms with Crippen LogP contribution in [0.1, 0.15) is 30.1 Å². The zero-order chi connectivity index (χ0) is 19.5. The first-order valence-corrected chi connectivity index (χ1v) is 9.27.